The SMILES string of the molecule is CP(C)(=O)c1csc(C(=O)O)c1.Cl. The molecule has 0 saturated heterocycles. The Morgan fingerprint density at radius 2 is 2.08 bits per heavy atom. The van der Waals surface area contributed by atoms with Crippen molar-refractivity contribution >= 4 is 42.2 Å². The summed E-state index contributed by atoms with van der Waals surface area (Å²) >= 11 is 1.11. The third-order valence-electron chi connectivity index (χ3n) is 1.42. The smallest absolute Gasteiger partial charge is 0.345 e. The molecular formula is C7H10ClO3PS. The monoisotopic (exact) mass is 240 g/mol. The van der Waals surface area contributed by atoms with E-state index >= 15 is 0 Å². The van der Waals surface area contributed by atoms with Gasteiger partial charge in [0.25, 0.3) is 0 Å². The Hall–Kier alpha value is -0.310. The normalized spacial score (nSPS) is 10.6. The maximum Gasteiger partial charge on any atom is 0.345 e. The zero-order chi connectivity index (χ0) is 9.35. The van der Waals surface area contributed by atoms with Crippen LogP contribution < -0.4 is 5.30 Å². The van der Waals surface area contributed by atoms with Gasteiger partial charge in [0.15, 0.2) is 0 Å². The molecule has 0 bridgehead atoms. The molecule has 0 amide bonds. The zero-order valence-corrected chi connectivity index (χ0v) is 9.71. The van der Waals surface area contributed by atoms with Gasteiger partial charge in [0.1, 0.15) is 12.0 Å². The standard InChI is InChI=1S/C7H9O3PS.ClH/c1-11(2,10)5-3-6(7(8)9)12-4-5;/h3-4H,1-2H3,(H,8,9);1H. The van der Waals surface area contributed by atoms with Crippen molar-refractivity contribution in [2.45, 2.75) is 0 Å². The molecule has 0 aromatic carbocycles. The van der Waals surface area contributed by atoms with Gasteiger partial charge >= 0.3 is 5.97 Å². The second-order valence-corrected chi connectivity index (χ2v) is 6.95. The first-order chi connectivity index (χ1) is 5.41. The molecule has 3 nitrogen and oxygen atoms in total. The number of carboxylic acids is 1. The van der Waals surface area contributed by atoms with E-state index in [9.17, 15) is 9.36 Å². The fraction of sp³-hybridized carbons (Fsp3) is 0.286. The topological polar surface area (TPSA) is 54.4 Å². The quantitative estimate of drug-likeness (QED) is 0.806. The Balaban J connectivity index is 0.00000144. The van der Waals surface area contributed by atoms with Crippen molar-refractivity contribution < 1.29 is 14.5 Å². The van der Waals surface area contributed by atoms with Gasteiger partial charge in [0, 0.05) is 10.7 Å². The highest BCUT2D eigenvalue weighted by atomic mass is 35.5. The fourth-order valence-electron chi connectivity index (χ4n) is 0.721. The van der Waals surface area contributed by atoms with Crippen LogP contribution in [0.25, 0.3) is 0 Å². The van der Waals surface area contributed by atoms with E-state index in [1.165, 1.54) is 6.07 Å². The molecule has 0 unspecified atom stereocenters. The summed E-state index contributed by atoms with van der Waals surface area (Å²) in [7, 11) is -2.29. The zero-order valence-electron chi connectivity index (χ0n) is 7.18. The summed E-state index contributed by atoms with van der Waals surface area (Å²) in [5, 5.41) is 10.9. The molecule has 1 aromatic heterocycles. The van der Waals surface area contributed by atoms with Crippen molar-refractivity contribution in [3.8, 4) is 0 Å². The summed E-state index contributed by atoms with van der Waals surface area (Å²) in [6.07, 6.45) is 0. The predicted octanol–water partition coefficient (Wildman–Crippen LogP) is 2.12. The maximum absolute atomic E-state index is 11.5. The molecule has 0 radical (unpaired) electrons. The third-order valence-corrected chi connectivity index (χ3v) is 4.01. The summed E-state index contributed by atoms with van der Waals surface area (Å²) in [6.45, 7) is 3.25. The molecule has 0 aliphatic carbocycles. The van der Waals surface area contributed by atoms with Crippen molar-refractivity contribution in [2.24, 2.45) is 0 Å². The Bertz CT molecular complexity index is 354. The Labute approximate surface area is 86.6 Å². The van der Waals surface area contributed by atoms with E-state index in [-0.39, 0.29) is 17.3 Å². The minimum absolute atomic E-state index is 0. The summed E-state index contributed by atoms with van der Waals surface area (Å²) in [5.74, 6) is -0.959. The number of halogens is 1. The van der Waals surface area contributed by atoms with Crippen molar-refractivity contribution in [3.63, 3.8) is 0 Å². The highest BCUT2D eigenvalue weighted by Crippen LogP contribution is 2.36. The molecule has 1 aromatic rings. The van der Waals surface area contributed by atoms with E-state index < -0.39 is 13.1 Å². The summed E-state index contributed by atoms with van der Waals surface area (Å²) < 4.78 is 11.5. The highest BCUT2D eigenvalue weighted by molar-refractivity contribution is 7.70. The van der Waals surface area contributed by atoms with Gasteiger partial charge in [-0.3, -0.25) is 0 Å². The molecule has 0 spiro atoms. The molecule has 1 N–H and O–H groups in total. The first-order valence-corrected chi connectivity index (χ1v) is 6.77. The van der Waals surface area contributed by atoms with Gasteiger partial charge in [-0.25, -0.2) is 4.79 Å². The second-order valence-electron chi connectivity index (χ2n) is 2.83. The van der Waals surface area contributed by atoms with Crippen LogP contribution in [0.4, 0.5) is 0 Å². The largest absolute Gasteiger partial charge is 0.477 e. The predicted molar refractivity (Wildman–Crippen MR) is 57.6 cm³/mol. The molecule has 74 valence electrons. The minimum atomic E-state index is -2.29. The Kier molecular flexibility index (Phi) is 4.17. The molecule has 0 saturated carbocycles. The van der Waals surface area contributed by atoms with E-state index in [0.29, 0.717) is 5.30 Å². The molecule has 1 rings (SSSR count). The number of rotatable bonds is 2. The van der Waals surface area contributed by atoms with E-state index in [1.54, 1.807) is 18.7 Å². The molecule has 1 heterocycles. The first-order valence-electron chi connectivity index (χ1n) is 3.28. The minimum Gasteiger partial charge on any atom is -0.477 e. The summed E-state index contributed by atoms with van der Waals surface area (Å²) in [6, 6.07) is 1.48. The fourth-order valence-corrected chi connectivity index (χ4v) is 3.03. The van der Waals surface area contributed by atoms with Crippen LogP contribution in [0.15, 0.2) is 11.4 Å². The van der Waals surface area contributed by atoms with Crippen LogP contribution in [0, 0.1) is 0 Å². The van der Waals surface area contributed by atoms with Gasteiger partial charge < -0.3 is 9.67 Å². The molecule has 0 atom stereocenters. The lowest BCUT2D eigenvalue weighted by Gasteiger charge is -2.00. The number of hydrogen-bond acceptors (Lipinski definition) is 3. The number of carbonyl (C=O) groups is 1. The van der Waals surface area contributed by atoms with E-state index in [0.717, 1.165) is 11.3 Å². The van der Waals surface area contributed by atoms with Crippen molar-refractivity contribution in [1.82, 2.24) is 0 Å². The average molecular weight is 241 g/mol. The van der Waals surface area contributed by atoms with Gasteiger partial charge in [0.2, 0.25) is 0 Å². The van der Waals surface area contributed by atoms with Crippen molar-refractivity contribution in [1.29, 1.82) is 0 Å². The van der Waals surface area contributed by atoms with Crippen LogP contribution in [0.2, 0.25) is 0 Å². The van der Waals surface area contributed by atoms with Gasteiger partial charge in [-0.05, 0) is 19.4 Å². The molecular weight excluding hydrogens is 231 g/mol. The van der Waals surface area contributed by atoms with Gasteiger partial charge in [-0.2, -0.15) is 0 Å². The lowest BCUT2D eigenvalue weighted by Crippen LogP contribution is -1.99. The Morgan fingerprint density at radius 3 is 2.31 bits per heavy atom. The average Bonchev–Trinajstić information content (AvgIpc) is 2.30. The molecule has 6 heteroatoms. The Morgan fingerprint density at radius 1 is 1.54 bits per heavy atom. The van der Waals surface area contributed by atoms with Crippen LogP contribution in [0.1, 0.15) is 9.67 Å². The third kappa shape index (κ3) is 3.14. The molecule has 0 aliphatic heterocycles. The van der Waals surface area contributed by atoms with E-state index in [4.69, 9.17) is 5.11 Å². The molecule has 0 aliphatic rings. The van der Waals surface area contributed by atoms with Gasteiger partial charge in [0.05, 0.1) is 0 Å². The van der Waals surface area contributed by atoms with Crippen LogP contribution >= 0.6 is 30.9 Å². The number of thiophene rings is 1. The number of hydrogen-bond donors (Lipinski definition) is 1. The van der Waals surface area contributed by atoms with Crippen LogP contribution in [0.3, 0.4) is 0 Å². The lowest BCUT2D eigenvalue weighted by molar-refractivity contribution is 0.0702. The molecule has 13 heavy (non-hydrogen) atoms. The summed E-state index contributed by atoms with van der Waals surface area (Å²) in [4.78, 5) is 10.7. The summed E-state index contributed by atoms with van der Waals surface area (Å²) in [5.41, 5.74) is 0. The van der Waals surface area contributed by atoms with E-state index in [2.05, 4.69) is 0 Å². The highest BCUT2D eigenvalue weighted by Gasteiger charge is 2.15. The maximum atomic E-state index is 11.5. The van der Waals surface area contributed by atoms with Crippen LogP contribution in [-0.4, -0.2) is 24.4 Å². The van der Waals surface area contributed by atoms with Crippen molar-refractivity contribution in [2.75, 3.05) is 13.3 Å². The second kappa shape index (κ2) is 4.27. The lowest BCUT2D eigenvalue weighted by atomic mass is 10.5. The molecule has 0 fully saturated rings. The van der Waals surface area contributed by atoms with Crippen LogP contribution in [0.5, 0.6) is 0 Å². The van der Waals surface area contributed by atoms with Gasteiger partial charge in [-0.15, -0.1) is 23.7 Å². The number of carboxylic acid groups (broad SMARTS) is 1. The van der Waals surface area contributed by atoms with Crippen molar-refractivity contribution in [3.05, 3.63) is 16.3 Å². The first kappa shape index (κ1) is 12.7. The van der Waals surface area contributed by atoms with E-state index in [1.807, 2.05) is 0 Å². The van der Waals surface area contributed by atoms with Gasteiger partial charge in [-0.1, -0.05) is 0 Å². The van der Waals surface area contributed by atoms with Crippen LogP contribution in [-0.2, 0) is 4.57 Å². The number of aromatic carboxylic acids is 1.